The quantitative estimate of drug-likeness (QED) is 0.0758. The summed E-state index contributed by atoms with van der Waals surface area (Å²) >= 11 is 12.5. The Bertz CT molecular complexity index is 1680. The summed E-state index contributed by atoms with van der Waals surface area (Å²) in [4.78, 5) is 27.3. The number of nitrogens with zero attached hydrogens (tertiary/aromatic N) is 1. The van der Waals surface area contributed by atoms with Crippen LogP contribution in [0.1, 0.15) is 75.7 Å². The summed E-state index contributed by atoms with van der Waals surface area (Å²) in [7, 11) is 1.43. The molecule has 1 aliphatic rings. The smallest absolute Gasteiger partial charge is 0.251 e. The Kier molecular flexibility index (Phi) is 19.8. The highest BCUT2D eigenvalue weighted by Crippen LogP contribution is 2.53. The first-order valence-electron chi connectivity index (χ1n) is 19.0. The number of hydrogen-bond donors (Lipinski definition) is 3. The number of hydrogen-bond acceptors (Lipinski definition) is 9. The molecule has 0 aromatic heterocycles. The summed E-state index contributed by atoms with van der Waals surface area (Å²) in [5.74, 6) is -2.27. The second-order valence-electron chi connectivity index (χ2n) is 14.6. The number of amides is 2. The fraction of sp³-hybridized carbons (Fsp3) is 0.548. The first-order chi connectivity index (χ1) is 26.8. The molecule has 14 heteroatoms. The molecular weight excluding hydrogens is 762 g/mol. The van der Waals surface area contributed by atoms with Gasteiger partial charge < -0.3 is 39.6 Å². The lowest BCUT2D eigenvalue weighted by molar-refractivity contribution is -0.118. The van der Waals surface area contributed by atoms with E-state index in [0.29, 0.717) is 62.3 Å². The number of nitriles is 1. The molecule has 2 amide bonds. The Morgan fingerprint density at radius 3 is 2.25 bits per heavy atom. The number of carbonyl (C=O) groups is 2. The Balaban J connectivity index is 1.71. The topological polar surface area (TPSA) is 140 Å². The van der Waals surface area contributed by atoms with Crippen molar-refractivity contribution in [1.29, 1.82) is 5.26 Å². The number of carbonyl (C=O) groups excluding carboxylic acids is 2. The van der Waals surface area contributed by atoms with Gasteiger partial charge in [0.05, 0.1) is 81.6 Å². The van der Waals surface area contributed by atoms with E-state index in [1.54, 1.807) is 49.4 Å². The molecule has 1 heterocycles. The molecule has 1 aliphatic heterocycles. The fourth-order valence-corrected chi connectivity index (χ4v) is 6.86. The van der Waals surface area contributed by atoms with Gasteiger partial charge >= 0.3 is 0 Å². The van der Waals surface area contributed by atoms with E-state index < -0.39 is 35.1 Å². The predicted octanol–water partition coefficient (Wildman–Crippen LogP) is 7.79. The van der Waals surface area contributed by atoms with Gasteiger partial charge in [-0.25, -0.2) is 4.39 Å². The van der Waals surface area contributed by atoms with Gasteiger partial charge in [-0.05, 0) is 67.5 Å². The van der Waals surface area contributed by atoms with Gasteiger partial charge in [-0.1, -0.05) is 75.2 Å². The predicted molar refractivity (Wildman–Crippen MR) is 218 cm³/mol. The maximum atomic E-state index is 15.9. The molecule has 308 valence electrons. The summed E-state index contributed by atoms with van der Waals surface area (Å²) < 4.78 is 43.3. The maximum Gasteiger partial charge on any atom is 0.251 e. The zero-order chi connectivity index (χ0) is 41.1. The first kappa shape index (κ1) is 46.8. The van der Waals surface area contributed by atoms with Crippen molar-refractivity contribution in [2.24, 2.45) is 10.8 Å². The number of rotatable bonds is 23. The molecule has 56 heavy (non-hydrogen) atoms. The lowest BCUT2D eigenvalue weighted by Crippen LogP contribution is -2.42. The average molecular weight is 820 g/mol. The Labute approximate surface area is 341 Å². The second-order valence-corrected chi connectivity index (χ2v) is 15.5. The van der Waals surface area contributed by atoms with Crippen LogP contribution in [0.4, 0.5) is 10.1 Å². The number of nitrogens with one attached hydrogen (secondary N) is 3. The molecule has 4 atom stereocenters. The third-order valence-electron chi connectivity index (χ3n) is 9.24. The van der Waals surface area contributed by atoms with Crippen molar-refractivity contribution in [3.05, 3.63) is 81.6 Å². The van der Waals surface area contributed by atoms with Gasteiger partial charge in [0, 0.05) is 35.7 Å². The van der Waals surface area contributed by atoms with Gasteiger partial charge in [0.2, 0.25) is 5.91 Å². The van der Waals surface area contributed by atoms with E-state index in [-0.39, 0.29) is 47.2 Å². The molecule has 0 aliphatic carbocycles. The zero-order valence-corrected chi connectivity index (χ0v) is 34.9. The normalized spacial score (nSPS) is 19.9. The van der Waals surface area contributed by atoms with Crippen LogP contribution >= 0.6 is 23.2 Å². The van der Waals surface area contributed by atoms with Crippen LogP contribution in [0.3, 0.4) is 0 Å². The van der Waals surface area contributed by atoms with Crippen molar-refractivity contribution in [2.75, 3.05) is 71.8 Å². The monoisotopic (exact) mass is 818 g/mol. The summed E-state index contributed by atoms with van der Waals surface area (Å²) in [6.07, 6.45) is 6.88. The van der Waals surface area contributed by atoms with Gasteiger partial charge in [0.25, 0.3) is 5.91 Å². The Morgan fingerprint density at radius 2 is 1.66 bits per heavy atom. The Hall–Kier alpha value is -3.54. The van der Waals surface area contributed by atoms with Crippen LogP contribution in [0.5, 0.6) is 5.75 Å². The van der Waals surface area contributed by atoms with Gasteiger partial charge in [0.15, 0.2) is 0 Å². The molecule has 1 fully saturated rings. The van der Waals surface area contributed by atoms with Crippen LogP contribution in [0.15, 0.2) is 59.7 Å². The SMILES string of the molecule is C/C=C(Cl)\C=C/C[C@@]1(C#N)[C@H](CC(C)(C)C)N[C@@H](C(=O)Nc2ccc(C(=O)NCCOCCOCCOCCOCCC)cc2OC)[C@@H]1c1cccc(Cl)c1F. The number of anilines is 1. The second kappa shape index (κ2) is 23.6. The summed E-state index contributed by atoms with van der Waals surface area (Å²) in [6.45, 7) is 14.1. The minimum atomic E-state index is -1.27. The van der Waals surface area contributed by atoms with E-state index in [1.165, 1.54) is 19.2 Å². The van der Waals surface area contributed by atoms with Crippen LogP contribution in [0.2, 0.25) is 5.02 Å². The molecule has 11 nitrogen and oxygen atoms in total. The third kappa shape index (κ3) is 13.8. The molecule has 0 bridgehead atoms. The molecule has 0 unspecified atom stereocenters. The number of methoxy groups -OCH3 is 1. The van der Waals surface area contributed by atoms with Crippen molar-refractivity contribution in [3.63, 3.8) is 0 Å². The summed E-state index contributed by atoms with van der Waals surface area (Å²) in [5.41, 5.74) is -0.781. The number of halogens is 3. The molecule has 0 saturated carbocycles. The van der Waals surface area contributed by atoms with E-state index >= 15 is 4.39 Å². The van der Waals surface area contributed by atoms with E-state index in [1.807, 2.05) is 20.8 Å². The van der Waals surface area contributed by atoms with Crippen LogP contribution in [-0.2, 0) is 23.7 Å². The minimum Gasteiger partial charge on any atom is -0.495 e. The third-order valence-corrected chi connectivity index (χ3v) is 9.88. The van der Waals surface area contributed by atoms with Crippen molar-refractivity contribution in [1.82, 2.24) is 10.6 Å². The minimum absolute atomic E-state index is 0.113. The molecule has 2 aromatic carbocycles. The lowest BCUT2D eigenvalue weighted by atomic mass is 9.64. The summed E-state index contributed by atoms with van der Waals surface area (Å²) in [5, 5.41) is 20.5. The first-order valence-corrected chi connectivity index (χ1v) is 19.7. The van der Waals surface area contributed by atoms with Crippen molar-refractivity contribution in [3.8, 4) is 11.8 Å². The van der Waals surface area contributed by atoms with Gasteiger partial charge in [0.1, 0.15) is 11.6 Å². The average Bonchev–Trinajstić information content (AvgIpc) is 3.47. The number of benzene rings is 2. The van der Waals surface area contributed by atoms with Crippen LogP contribution in [0, 0.1) is 28.0 Å². The van der Waals surface area contributed by atoms with Crippen LogP contribution in [0.25, 0.3) is 0 Å². The lowest BCUT2D eigenvalue weighted by Gasteiger charge is -2.36. The Morgan fingerprint density at radius 1 is 1.02 bits per heavy atom. The van der Waals surface area contributed by atoms with Crippen LogP contribution in [-0.4, -0.2) is 90.4 Å². The largest absolute Gasteiger partial charge is 0.495 e. The van der Waals surface area contributed by atoms with Crippen molar-refractivity contribution >= 4 is 40.7 Å². The molecule has 0 radical (unpaired) electrons. The van der Waals surface area contributed by atoms with Gasteiger partial charge in [-0.2, -0.15) is 5.26 Å². The molecule has 2 aromatic rings. The standard InChI is InChI=1S/C42H57Cl2FN4O7/c1-7-18-53-20-22-55-24-25-56-23-21-54-19-17-47-39(50)29-14-15-33(34(26-29)52-6)48-40(51)38-36(31-12-9-13-32(44)37(31)45)42(28-46,16-10-11-30(43)8-2)35(49-38)27-41(3,4)5/h8-15,26,35-36,38,49H,7,16-25,27H2,1-6H3,(H,47,50)(H,48,51)/b11-10-,30-8+/t35-,36-,38+,42+/m0/s1. The summed E-state index contributed by atoms with van der Waals surface area (Å²) in [6, 6.07) is 10.2. The van der Waals surface area contributed by atoms with E-state index in [0.717, 1.165) is 13.0 Å². The van der Waals surface area contributed by atoms with Crippen molar-refractivity contribution < 1.29 is 37.7 Å². The van der Waals surface area contributed by atoms with Crippen LogP contribution < -0.4 is 20.7 Å². The molecule has 0 spiro atoms. The van der Waals surface area contributed by atoms with E-state index in [2.05, 4.69) is 28.9 Å². The van der Waals surface area contributed by atoms with Gasteiger partial charge in [-0.15, -0.1) is 0 Å². The zero-order valence-electron chi connectivity index (χ0n) is 33.4. The van der Waals surface area contributed by atoms with E-state index in [4.69, 9.17) is 46.9 Å². The van der Waals surface area contributed by atoms with E-state index in [9.17, 15) is 14.9 Å². The number of ether oxygens (including phenoxy) is 5. The maximum absolute atomic E-state index is 15.9. The number of allylic oxidation sites excluding steroid dienone is 4. The molecule has 3 rings (SSSR count). The molecule has 1 saturated heterocycles. The fourth-order valence-electron chi connectivity index (χ4n) is 6.59. The van der Waals surface area contributed by atoms with Crippen molar-refractivity contribution in [2.45, 2.75) is 71.9 Å². The van der Waals surface area contributed by atoms with Gasteiger partial charge in [-0.3, -0.25) is 9.59 Å². The molecular formula is C42H57Cl2FN4O7. The highest BCUT2D eigenvalue weighted by atomic mass is 35.5. The molecule has 3 N–H and O–H groups in total. The highest BCUT2D eigenvalue weighted by molar-refractivity contribution is 6.31. The highest BCUT2D eigenvalue weighted by Gasteiger charge is 2.58.